The molecule has 2 aromatic rings. The van der Waals surface area contributed by atoms with E-state index < -0.39 is 12.0 Å². The van der Waals surface area contributed by atoms with Crippen LogP contribution in [0.4, 0.5) is 16.2 Å². The molecule has 0 saturated heterocycles. The Morgan fingerprint density at radius 2 is 1.85 bits per heavy atom. The van der Waals surface area contributed by atoms with E-state index in [1.54, 1.807) is 6.07 Å². The van der Waals surface area contributed by atoms with E-state index in [1.165, 1.54) is 18.3 Å². The highest BCUT2D eigenvalue weighted by Gasteiger charge is 2.07. The van der Waals surface area contributed by atoms with Gasteiger partial charge in [0.25, 0.3) is 0 Å². The van der Waals surface area contributed by atoms with Crippen LogP contribution in [0.25, 0.3) is 0 Å². The largest absolute Gasteiger partial charge is 0.477 e. The summed E-state index contributed by atoms with van der Waals surface area (Å²) in [6.07, 6.45) is 1.29. The number of nitrogens with zero attached hydrogens (tertiary/aromatic N) is 1. The summed E-state index contributed by atoms with van der Waals surface area (Å²) in [5, 5.41) is 14.0. The van der Waals surface area contributed by atoms with Crippen molar-refractivity contribution in [2.24, 2.45) is 0 Å². The Morgan fingerprint density at radius 1 is 1.10 bits per heavy atom. The summed E-state index contributed by atoms with van der Waals surface area (Å²) in [4.78, 5) is 26.2. The first kappa shape index (κ1) is 13.5. The molecular weight excluding hydrogens is 258 g/mol. The standard InChI is InChI=1S/C14H13N3O3/c1-9-4-2-3-5-11(9)17-14(20)16-10-6-7-12(13(18)19)15-8-10/h2-8H,1H3,(H,18,19)(H2,16,17,20). The number of carboxylic acids is 1. The minimum absolute atomic E-state index is 0.0742. The molecule has 20 heavy (non-hydrogen) atoms. The van der Waals surface area contributed by atoms with E-state index >= 15 is 0 Å². The van der Waals surface area contributed by atoms with Crippen molar-refractivity contribution in [3.8, 4) is 0 Å². The topological polar surface area (TPSA) is 91.3 Å². The Morgan fingerprint density at radius 3 is 2.45 bits per heavy atom. The Bertz CT molecular complexity index is 638. The number of carbonyl (C=O) groups excluding carboxylic acids is 1. The van der Waals surface area contributed by atoms with Gasteiger partial charge in [-0.1, -0.05) is 18.2 Å². The van der Waals surface area contributed by atoms with Gasteiger partial charge in [-0.15, -0.1) is 0 Å². The molecule has 0 aliphatic rings. The highest BCUT2D eigenvalue weighted by atomic mass is 16.4. The summed E-state index contributed by atoms with van der Waals surface area (Å²) in [5.74, 6) is -1.11. The number of hydrogen-bond acceptors (Lipinski definition) is 3. The molecule has 0 aliphatic heterocycles. The fourth-order valence-electron chi connectivity index (χ4n) is 1.59. The SMILES string of the molecule is Cc1ccccc1NC(=O)Nc1ccc(C(=O)O)nc1. The fourth-order valence-corrected chi connectivity index (χ4v) is 1.59. The van der Waals surface area contributed by atoms with Crippen molar-refractivity contribution >= 4 is 23.4 Å². The molecule has 2 amide bonds. The number of carboxylic acid groups (broad SMARTS) is 1. The van der Waals surface area contributed by atoms with Crippen LogP contribution in [0.15, 0.2) is 42.6 Å². The predicted octanol–water partition coefficient (Wildman–Crippen LogP) is 2.73. The molecule has 6 nitrogen and oxygen atoms in total. The molecule has 0 spiro atoms. The van der Waals surface area contributed by atoms with E-state index in [0.29, 0.717) is 11.4 Å². The van der Waals surface area contributed by atoms with E-state index in [2.05, 4.69) is 15.6 Å². The van der Waals surface area contributed by atoms with Crippen LogP contribution in [-0.4, -0.2) is 22.1 Å². The maximum Gasteiger partial charge on any atom is 0.354 e. The molecule has 0 saturated carbocycles. The third-order valence-electron chi connectivity index (χ3n) is 2.63. The molecule has 3 N–H and O–H groups in total. The van der Waals surface area contributed by atoms with Crippen LogP contribution in [0.2, 0.25) is 0 Å². The molecule has 2 rings (SSSR count). The summed E-state index contributed by atoms with van der Waals surface area (Å²) < 4.78 is 0. The van der Waals surface area contributed by atoms with Crippen LogP contribution < -0.4 is 10.6 Å². The van der Waals surface area contributed by atoms with Gasteiger partial charge in [0, 0.05) is 5.69 Å². The van der Waals surface area contributed by atoms with Crippen molar-refractivity contribution in [3.63, 3.8) is 0 Å². The molecule has 1 aromatic carbocycles. The number of carbonyl (C=O) groups is 2. The van der Waals surface area contributed by atoms with E-state index in [4.69, 9.17) is 5.11 Å². The van der Waals surface area contributed by atoms with Crippen LogP contribution in [0.5, 0.6) is 0 Å². The van der Waals surface area contributed by atoms with Gasteiger partial charge in [0.1, 0.15) is 5.69 Å². The number of pyridine rings is 1. The van der Waals surface area contributed by atoms with Gasteiger partial charge in [0.05, 0.1) is 11.9 Å². The maximum absolute atomic E-state index is 11.8. The van der Waals surface area contributed by atoms with Crippen LogP contribution in [-0.2, 0) is 0 Å². The van der Waals surface area contributed by atoms with Crippen molar-refractivity contribution in [1.29, 1.82) is 0 Å². The zero-order valence-electron chi connectivity index (χ0n) is 10.8. The molecule has 0 unspecified atom stereocenters. The molecule has 6 heteroatoms. The highest BCUT2D eigenvalue weighted by Crippen LogP contribution is 2.14. The third-order valence-corrected chi connectivity index (χ3v) is 2.63. The van der Waals surface area contributed by atoms with Crippen LogP contribution >= 0.6 is 0 Å². The van der Waals surface area contributed by atoms with Gasteiger partial charge in [0.2, 0.25) is 0 Å². The van der Waals surface area contributed by atoms with Crippen LogP contribution in [0.1, 0.15) is 16.1 Å². The average Bonchev–Trinajstić information content (AvgIpc) is 2.42. The van der Waals surface area contributed by atoms with Gasteiger partial charge in [-0.3, -0.25) is 0 Å². The number of aromatic nitrogens is 1. The van der Waals surface area contributed by atoms with E-state index in [9.17, 15) is 9.59 Å². The first-order valence-corrected chi connectivity index (χ1v) is 5.89. The monoisotopic (exact) mass is 271 g/mol. The number of urea groups is 1. The van der Waals surface area contributed by atoms with Gasteiger partial charge in [-0.25, -0.2) is 14.6 Å². The number of aryl methyl sites for hydroxylation is 1. The maximum atomic E-state index is 11.8. The Kier molecular flexibility index (Phi) is 3.95. The summed E-state index contributed by atoms with van der Waals surface area (Å²) >= 11 is 0. The minimum Gasteiger partial charge on any atom is -0.477 e. The second-order valence-corrected chi connectivity index (χ2v) is 4.13. The second-order valence-electron chi connectivity index (χ2n) is 4.13. The summed E-state index contributed by atoms with van der Waals surface area (Å²) in [6.45, 7) is 1.89. The lowest BCUT2D eigenvalue weighted by atomic mass is 10.2. The average molecular weight is 271 g/mol. The Hall–Kier alpha value is -2.89. The number of nitrogens with one attached hydrogen (secondary N) is 2. The molecule has 0 fully saturated rings. The molecular formula is C14H13N3O3. The predicted molar refractivity (Wildman–Crippen MR) is 75.0 cm³/mol. The minimum atomic E-state index is -1.11. The normalized spacial score (nSPS) is 9.85. The van der Waals surface area contributed by atoms with Crippen molar-refractivity contribution < 1.29 is 14.7 Å². The number of rotatable bonds is 3. The van der Waals surface area contributed by atoms with E-state index in [0.717, 1.165) is 5.56 Å². The van der Waals surface area contributed by atoms with Gasteiger partial charge in [-0.05, 0) is 30.7 Å². The summed E-state index contributed by atoms with van der Waals surface area (Å²) in [6, 6.07) is 9.78. The number of hydrogen-bond donors (Lipinski definition) is 3. The lowest BCUT2D eigenvalue weighted by Gasteiger charge is -2.09. The molecule has 102 valence electrons. The first-order valence-electron chi connectivity index (χ1n) is 5.89. The summed E-state index contributed by atoms with van der Waals surface area (Å²) in [5.41, 5.74) is 2.00. The number of amides is 2. The second kappa shape index (κ2) is 5.83. The third kappa shape index (κ3) is 3.32. The number of aromatic carboxylic acids is 1. The number of para-hydroxylation sites is 1. The van der Waals surface area contributed by atoms with Gasteiger partial charge in [0.15, 0.2) is 0 Å². The molecule has 1 heterocycles. The van der Waals surface area contributed by atoms with Crippen LogP contribution in [0, 0.1) is 6.92 Å². The molecule has 1 aromatic heterocycles. The molecule has 0 aliphatic carbocycles. The number of anilines is 2. The molecule has 0 bridgehead atoms. The van der Waals surface area contributed by atoms with E-state index in [-0.39, 0.29) is 5.69 Å². The quantitative estimate of drug-likeness (QED) is 0.800. The smallest absolute Gasteiger partial charge is 0.354 e. The van der Waals surface area contributed by atoms with Crippen molar-refractivity contribution in [1.82, 2.24) is 4.98 Å². The Balaban J connectivity index is 2.01. The van der Waals surface area contributed by atoms with Crippen LogP contribution in [0.3, 0.4) is 0 Å². The fraction of sp³-hybridized carbons (Fsp3) is 0.0714. The highest BCUT2D eigenvalue weighted by molar-refractivity contribution is 6.00. The van der Waals surface area contributed by atoms with Gasteiger partial charge < -0.3 is 15.7 Å². The van der Waals surface area contributed by atoms with Crippen molar-refractivity contribution in [2.75, 3.05) is 10.6 Å². The van der Waals surface area contributed by atoms with Crippen molar-refractivity contribution in [3.05, 3.63) is 53.9 Å². The zero-order chi connectivity index (χ0) is 14.5. The lowest BCUT2D eigenvalue weighted by Crippen LogP contribution is -2.20. The first-order chi connectivity index (χ1) is 9.56. The zero-order valence-corrected chi connectivity index (χ0v) is 10.8. The van der Waals surface area contributed by atoms with Gasteiger partial charge in [-0.2, -0.15) is 0 Å². The number of benzene rings is 1. The van der Waals surface area contributed by atoms with Crippen molar-refractivity contribution in [2.45, 2.75) is 6.92 Å². The summed E-state index contributed by atoms with van der Waals surface area (Å²) in [7, 11) is 0. The molecule has 0 radical (unpaired) electrons. The lowest BCUT2D eigenvalue weighted by molar-refractivity contribution is 0.0690. The van der Waals surface area contributed by atoms with Gasteiger partial charge >= 0.3 is 12.0 Å². The molecule has 0 atom stereocenters. The Labute approximate surface area is 115 Å². The van der Waals surface area contributed by atoms with E-state index in [1.807, 2.05) is 25.1 Å².